The lowest BCUT2D eigenvalue weighted by molar-refractivity contribution is -0.116. The van der Waals surface area contributed by atoms with E-state index in [1.165, 1.54) is 11.8 Å². The van der Waals surface area contributed by atoms with Crippen molar-refractivity contribution in [2.75, 3.05) is 10.6 Å². The number of benzene rings is 3. The largest absolute Gasteiger partial charge is 0.326 e. The summed E-state index contributed by atoms with van der Waals surface area (Å²) in [6.45, 7) is 5.88. The van der Waals surface area contributed by atoms with Crippen molar-refractivity contribution in [2.45, 2.75) is 37.3 Å². The van der Waals surface area contributed by atoms with Crippen LogP contribution in [0.4, 0.5) is 11.4 Å². The van der Waals surface area contributed by atoms with Crippen LogP contribution in [0.5, 0.6) is 0 Å². The summed E-state index contributed by atoms with van der Waals surface area (Å²) in [7, 11) is 0. The van der Waals surface area contributed by atoms with Crippen LogP contribution in [0, 0.1) is 13.8 Å². The molecular weight excluding hydrogens is 392 g/mol. The van der Waals surface area contributed by atoms with Crippen molar-refractivity contribution in [1.29, 1.82) is 0 Å². The Balaban J connectivity index is 1.53. The Bertz CT molecular complexity index is 1020. The summed E-state index contributed by atoms with van der Waals surface area (Å²) < 4.78 is 0. The van der Waals surface area contributed by atoms with Gasteiger partial charge in [0.1, 0.15) is 0 Å². The van der Waals surface area contributed by atoms with Gasteiger partial charge in [-0.15, -0.1) is 11.8 Å². The van der Waals surface area contributed by atoms with Gasteiger partial charge in [0.15, 0.2) is 0 Å². The minimum absolute atomic E-state index is 0.0334. The molecule has 0 heterocycles. The lowest BCUT2D eigenvalue weighted by Gasteiger charge is -2.14. The molecule has 0 saturated heterocycles. The van der Waals surface area contributed by atoms with Gasteiger partial charge in [-0.05, 0) is 67.8 Å². The van der Waals surface area contributed by atoms with Gasteiger partial charge in [0.05, 0.1) is 11.7 Å². The summed E-state index contributed by atoms with van der Waals surface area (Å²) in [5.41, 5.74) is 4.73. The minimum atomic E-state index is -0.247. The summed E-state index contributed by atoms with van der Waals surface area (Å²) in [5.74, 6) is -0.0863. The number of thioether (sulfide) groups is 1. The SMILES string of the molecule is Cc1ccc(C)c(NC(=O)C(C)Sc2ccc(NC(=O)Cc3ccccc3)cc2)c1. The average Bonchev–Trinajstić information content (AvgIpc) is 2.72. The van der Waals surface area contributed by atoms with Gasteiger partial charge in [-0.25, -0.2) is 0 Å². The maximum absolute atomic E-state index is 12.6. The predicted octanol–water partition coefficient (Wildman–Crippen LogP) is 5.60. The predicted molar refractivity (Wildman–Crippen MR) is 125 cm³/mol. The second-order valence-electron chi connectivity index (χ2n) is 7.30. The first kappa shape index (κ1) is 21.7. The summed E-state index contributed by atoms with van der Waals surface area (Å²) in [6, 6.07) is 23.2. The van der Waals surface area contributed by atoms with Crippen LogP contribution >= 0.6 is 11.8 Å². The molecule has 0 aliphatic heterocycles. The van der Waals surface area contributed by atoms with Gasteiger partial charge in [0, 0.05) is 16.3 Å². The summed E-state index contributed by atoms with van der Waals surface area (Å²) in [6.07, 6.45) is 0.340. The zero-order chi connectivity index (χ0) is 21.5. The molecule has 1 atom stereocenters. The third-order valence-corrected chi connectivity index (χ3v) is 5.79. The van der Waals surface area contributed by atoms with Crippen LogP contribution < -0.4 is 10.6 Å². The number of hydrogen-bond donors (Lipinski definition) is 2. The molecule has 154 valence electrons. The molecule has 3 rings (SSSR count). The Kier molecular flexibility index (Phi) is 7.31. The highest BCUT2D eigenvalue weighted by molar-refractivity contribution is 8.00. The first-order chi connectivity index (χ1) is 14.4. The normalized spacial score (nSPS) is 11.6. The molecule has 2 amide bonds. The number of rotatable bonds is 7. The Morgan fingerprint density at radius 3 is 2.30 bits per heavy atom. The Labute approximate surface area is 182 Å². The molecule has 1 unspecified atom stereocenters. The molecule has 0 radical (unpaired) electrons. The fraction of sp³-hybridized carbons (Fsp3) is 0.200. The van der Waals surface area contributed by atoms with Gasteiger partial charge in [-0.2, -0.15) is 0 Å². The summed E-state index contributed by atoms with van der Waals surface area (Å²) >= 11 is 1.49. The fourth-order valence-electron chi connectivity index (χ4n) is 2.97. The highest BCUT2D eigenvalue weighted by Crippen LogP contribution is 2.26. The van der Waals surface area contributed by atoms with Gasteiger partial charge in [-0.1, -0.05) is 42.5 Å². The topological polar surface area (TPSA) is 58.2 Å². The van der Waals surface area contributed by atoms with Crippen LogP contribution in [0.2, 0.25) is 0 Å². The van der Waals surface area contributed by atoms with Crippen LogP contribution in [0.1, 0.15) is 23.6 Å². The van der Waals surface area contributed by atoms with Crippen molar-refractivity contribution in [2.24, 2.45) is 0 Å². The van der Waals surface area contributed by atoms with Crippen LogP contribution in [-0.4, -0.2) is 17.1 Å². The van der Waals surface area contributed by atoms with E-state index >= 15 is 0 Å². The van der Waals surface area contributed by atoms with Crippen molar-refractivity contribution in [1.82, 2.24) is 0 Å². The number of amides is 2. The molecule has 0 aliphatic carbocycles. The maximum atomic E-state index is 12.6. The molecule has 2 N–H and O–H groups in total. The smallest absolute Gasteiger partial charge is 0.237 e. The summed E-state index contributed by atoms with van der Waals surface area (Å²) in [4.78, 5) is 25.7. The third kappa shape index (κ3) is 6.22. The van der Waals surface area contributed by atoms with E-state index in [1.807, 2.05) is 93.6 Å². The molecule has 0 bridgehead atoms. The van der Waals surface area contributed by atoms with Gasteiger partial charge in [0.25, 0.3) is 0 Å². The number of hydrogen-bond acceptors (Lipinski definition) is 3. The number of carbonyl (C=O) groups is 2. The third-order valence-electron chi connectivity index (χ3n) is 4.68. The molecule has 0 fully saturated rings. The van der Waals surface area contributed by atoms with Crippen molar-refractivity contribution in [3.8, 4) is 0 Å². The number of anilines is 2. The van der Waals surface area contributed by atoms with E-state index in [2.05, 4.69) is 10.6 Å². The highest BCUT2D eigenvalue weighted by atomic mass is 32.2. The van der Waals surface area contributed by atoms with Gasteiger partial charge in [0.2, 0.25) is 11.8 Å². The van der Waals surface area contributed by atoms with Gasteiger partial charge >= 0.3 is 0 Å². The molecular formula is C25H26N2O2S. The molecule has 0 aromatic heterocycles. The molecule has 0 aliphatic rings. The van der Waals surface area contributed by atoms with E-state index in [4.69, 9.17) is 0 Å². The second-order valence-corrected chi connectivity index (χ2v) is 8.72. The summed E-state index contributed by atoms with van der Waals surface area (Å²) in [5, 5.41) is 5.68. The number of carbonyl (C=O) groups excluding carboxylic acids is 2. The molecule has 30 heavy (non-hydrogen) atoms. The fourth-order valence-corrected chi connectivity index (χ4v) is 3.83. The van der Waals surface area contributed by atoms with Crippen LogP contribution in [0.15, 0.2) is 77.7 Å². The molecule has 3 aromatic carbocycles. The Morgan fingerprint density at radius 1 is 0.900 bits per heavy atom. The van der Waals surface area contributed by atoms with Crippen LogP contribution in [-0.2, 0) is 16.0 Å². The van der Waals surface area contributed by atoms with Crippen molar-refractivity contribution < 1.29 is 9.59 Å². The first-order valence-corrected chi connectivity index (χ1v) is 10.8. The van der Waals surface area contributed by atoms with Crippen molar-refractivity contribution >= 4 is 35.0 Å². The average molecular weight is 419 g/mol. The Morgan fingerprint density at radius 2 is 1.60 bits per heavy atom. The van der Waals surface area contributed by atoms with Gasteiger partial charge < -0.3 is 10.6 Å². The zero-order valence-corrected chi connectivity index (χ0v) is 18.3. The van der Waals surface area contributed by atoms with E-state index in [0.717, 1.165) is 33.0 Å². The van der Waals surface area contributed by atoms with E-state index in [1.54, 1.807) is 0 Å². The molecule has 0 spiro atoms. The van der Waals surface area contributed by atoms with Crippen LogP contribution in [0.3, 0.4) is 0 Å². The Hall–Kier alpha value is -3.05. The monoisotopic (exact) mass is 418 g/mol. The van der Waals surface area contributed by atoms with Gasteiger partial charge in [-0.3, -0.25) is 9.59 Å². The second kappa shape index (κ2) is 10.1. The molecule has 3 aromatic rings. The van der Waals surface area contributed by atoms with Crippen LogP contribution in [0.25, 0.3) is 0 Å². The molecule has 0 saturated carbocycles. The highest BCUT2D eigenvalue weighted by Gasteiger charge is 2.15. The maximum Gasteiger partial charge on any atom is 0.237 e. The zero-order valence-electron chi connectivity index (χ0n) is 17.4. The number of nitrogens with one attached hydrogen (secondary N) is 2. The van der Waals surface area contributed by atoms with Crippen molar-refractivity contribution in [3.63, 3.8) is 0 Å². The van der Waals surface area contributed by atoms with E-state index in [9.17, 15) is 9.59 Å². The van der Waals surface area contributed by atoms with E-state index in [0.29, 0.717) is 6.42 Å². The lowest BCUT2D eigenvalue weighted by Crippen LogP contribution is -2.22. The quantitative estimate of drug-likeness (QED) is 0.491. The number of aryl methyl sites for hydroxylation is 2. The standard InChI is InChI=1S/C25H26N2O2S/c1-17-9-10-18(2)23(15-17)27-25(29)19(3)30-22-13-11-21(12-14-22)26-24(28)16-20-7-5-4-6-8-20/h4-15,19H,16H2,1-3H3,(H,26,28)(H,27,29). The van der Waals surface area contributed by atoms with E-state index < -0.39 is 0 Å². The molecule has 4 nitrogen and oxygen atoms in total. The van der Waals surface area contributed by atoms with Crippen molar-refractivity contribution in [3.05, 3.63) is 89.5 Å². The molecule has 5 heteroatoms. The lowest BCUT2D eigenvalue weighted by atomic mass is 10.1. The minimum Gasteiger partial charge on any atom is -0.326 e. The first-order valence-electron chi connectivity index (χ1n) is 9.89. The van der Waals surface area contributed by atoms with E-state index in [-0.39, 0.29) is 17.1 Å².